The van der Waals surface area contributed by atoms with Gasteiger partial charge < -0.3 is 0 Å². The van der Waals surface area contributed by atoms with Gasteiger partial charge in [-0.3, -0.25) is 24.5 Å². The largest absolute Gasteiger partial charge is 0.331 e. The van der Waals surface area contributed by atoms with E-state index < -0.39 is 17.8 Å². The zero-order valence-corrected chi connectivity index (χ0v) is 10.0. The molecule has 0 spiro atoms. The van der Waals surface area contributed by atoms with Crippen LogP contribution in [0.2, 0.25) is 0 Å². The van der Waals surface area contributed by atoms with E-state index in [-0.39, 0.29) is 5.57 Å². The summed E-state index contributed by atoms with van der Waals surface area (Å²) in [5.74, 6) is -1.31. The van der Waals surface area contributed by atoms with Gasteiger partial charge in [0, 0.05) is 25.4 Å². The normalized spacial score (nSPS) is 18.4. The molecule has 1 aromatic heterocycles. The predicted octanol–water partition coefficient (Wildman–Crippen LogP) is -0.00540. The highest BCUT2D eigenvalue weighted by Gasteiger charge is 2.32. The molecule has 1 saturated heterocycles. The summed E-state index contributed by atoms with van der Waals surface area (Å²) in [5.41, 5.74) is 0.561. The van der Waals surface area contributed by atoms with E-state index in [0.29, 0.717) is 12.1 Å². The van der Waals surface area contributed by atoms with E-state index in [0.717, 1.165) is 4.90 Å². The minimum atomic E-state index is -0.716. The summed E-state index contributed by atoms with van der Waals surface area (Å²) in [4.78, 5) is 35.4. The Hall–Kier alpha value is -2.44. The summed E-state index contributed by atoms with van der Waals surface area (Å²) in [6.45, 7) is 2.62. The first-order valence-corrected chi connectivity index (χ1v) is 5.40. The van der Waals surface area contributed by atoms with Gasteiger partial charge in [0.1, 0.15) is 5.57 Å². The second-order valence-electron chi connectivity index (χ2n) is 3.81. The third kappa shape index (κ3) is 2.02. The molecule has 7 heteroatoms. The molecule has 0 radical (unpaired) electrons. The molecule has 1 aromatic rings. The lowest BCUT2D eigenvalue weighted by molar-refractivity contribution is -0.129. The summed E-state index contributed by atoms with van der Waals surface area (Å²) < 4.78 is 1.67. The highest BCUT2D eigenvalue weighted by atomic mass is 16.2. The minimum absolute atomic E-state index is 0.0762. The number of carbonyl (C=O) groups excluding carboxylic acids is 3. The van der Waals surface area contributed by atoms with Crippen LogP contribution in [0.4, 0.5) is 4.79 Å². The summed E-state index contributed by atoms with van der Waals surface area (Å²) in [7, 11) is 1.31. The van der Waals surface area contributed by atoms with Gasteiger partial charge in [-0.25, -0.2) is 4.79 Å². The molecule has 1 aliphatic heterocycles. The van der Waals surface area contributed by atoms with E-state index in [9.17, 15) is 14.4 Å². The fourth-order valence-electron chi connectivity index (χ4n) is 1.54. The van der Waals surface area contributed by atoms with Crippen molar-refractivity contribution in [3.8, 4) is 0 Å². The lowest BCUT2D eigenvalue weighted by Crippen LogP contribution is -2.52. The average molecular weight is 248 g/mol. The van der Waals surface area contributed by atoms with Gasteiger partial charge >= 0.3 is 6.03 Å². The van der Waals surface area contributed by atoms with E-state index in [1.165, 1.54) is 13.1 Å². The van der Waals surface area contributed by atoms with Crippen LogP contribution in [0.1, 0.15) is 12.5 Å². The number of carbonyl (C=O) groups is 3. The van der Waals surface area contributed by atoms with Crippen LogP contribution in [0.5, 0.6) is 0 Å². The Bertz CT molecular complexity index is 558. The molecule has 0 unspecified atom stereocenters. The molecule has 2 heterocycles. The Morgan fingerprint density at radius 3 is 2.72 bits per heavy atom. The molecule has 1 aliphatic rings. The van der Waals surface area contributed by atoms with E-state index in [2.05, 4.69) is 10.4 Å². The number of amides is 4. The van der Waals surface area contributed by atoms with Crippen LogP contribution in [-0.4, -0.2) is 39.6 Å². The van der Waals surface area contributed by atoms with Crippen LogP contribution < -0.4 is 5.32 Å². The number of aromatic nitrogens is 2. The Labute approximate surface area is 103 Å². The molecule has 94 valence electrons. The smallest absolute Gasteiger partial charge is 0.273 e. The Morgan fingerprint density at radius 1 is 1.39 bits per heavy atom. The molecule has 1 fully saturated rings. The molecule has 0 aliphatic carbocycles. The highest BCUT2D eigenvalue weighted by Crippen LogP contribution is 2.12. The summed E-state index contributed by atoms with van der Waals surface area (Å²) >= 11 is 0. The second-order valence-corrected chi connectivity index (χ2v) is 3.81. The lowest BCUT2D eigenvalue weighted by Gasteiger charge is -2.22. The second kappa shape index (κ2) is 4.44. The van der Waals surface area contributed by atoms with Crippen LogP contribution in [-0.2, 0) is 16.1 Å². The average Bonchev–Trinajstić information content (AvgIpc) is 2.80. The maximum absolute atomic E-state index is 11.8. The van der Waals surface area contributed by atoms with E-state index in [4.69, 9.17) is 0 Å². The standard InChI is InChI=1S/C11H12N4O3/c1-3-15-6-7(5-12-15)4-8-9(16)13-11(18)14(2)10(8)17/h4-6H,3H2,1-2H3,(H,13,16,18). The van der Waals surface area contributed by atoms with Crippen LogP contribution in [0.15, 0.2) is 18.0 Å². The number of likely N-dealkylation sites (N-methyl/N-ethyl adjacent to an activating group) is 1. The number of aryl methyl sites for hydroxylation is 1. The first-order valence-electron chi connectivity index (χ1n) is 5.40. The van der Waals surface area contributed by atoms with Crippen molar-refractivity contribution in [2.75, 3.05) is 7.05 Å². The van der Waals surface area contributed by atoms with Crippen LogP contribution in [0, 0.1) is 0 Å². The van der Waals surface area contributed by atoms with E-state index in [1.807, 2.05) is 6.92 Å². The van der Waals surface area contributed by atoms with Crippen molar-refractivity contribution in [2.45, 2.75) is 13.5 Å². The van der Waals surface area contributed by atoms with Gasteiger partial charge in [-0.15, -0.1) is 0 Å². The maximum Gasteiger partial charge on any atom is 0.331 e. The van der Waals surface area contributed by atoms with Gasteiger partial charge in [-0.2, -0.15) is 5.10 Å². The number of nitrogens with one attached hydrogen (secondary N) is 1. The summed E-state index contributed by atoms with van der Waals surface area (Å²) in [6.07, 6.45) is 4.68. The Balaban J connectivity index is 2.33. The van der Waals surface area contributed by atoms with Crippen molar-refractivity contribution in [3.05, 3.63) is 23.5 Å². The highest BCUT2D eigenvalue weighted by molar-refractivity contribution is 6.30. The molecule has 0 bridgehead atoms. The number of imide groups is 2. The van der Waals surface area contributed by atoms with Gasteiger partial charge in [-0.1, -0.05) is 0 Å². The lowest BCUT2D eigenvalue weighted by atomic mass is 10.1. The number of urea groups is 1. The van der Waals surface area contributed by atoms with Crippen LogP contribution in [0.3, 0.4) is 0 Å². The monoisotopic (exact) mass is 248 g/mol. The van der Waals surface area contributed by atoms with Gasteiger partial charge in [-0.05, 0) is 13.0 Å². The minimum Gasteiger partial charge on any atom is -0.273 e. The molecule has 18 heavy (non-hydrogen) atoms. The molecule has 0 atom stereocenters. The third-order valence-corrected chi connectivity index (χ3v) is 2.59. The molecular formula is C11H12N4O3. The number of nitrogens with zero attached hydrogens (tertiary/aromatic N) is 3. The van der Waals surface area contributed by atoms with Crippen molar-refractivity contribution >= 4 is 23.9 Å². The molecule has 2 rings (SSSR count). The Morgan fingerprint density at radius 2 is 2.11 bits per heavy atom. The molecular weight excluding hydrogens is 236 g/mol. The fraction of sp³-hybridized carbons (Fsp3) is 0.273. The van der Waals surface area contributed by atoms with Gasteiger partial charge in [0.15, 0.2) is 0 Å². The number of hydrogen-bond donors (Lipinski definition) is 1. The van der Waals surface area contributed by atoms with Crippen molar-refractivity contribution in [1.82, 2.24) is 20.0 Å². The zero-order valence-electron chi connectivity index (χ0n) is 10.0. The molecule has 0 saturated carbocycles. The summed E-state index contributed by atoms with van der Waals surface area (Å²) in [5, 5.41) is 6.12. The topological polar surface area (TPSA) is 84.3 Å². The third-order valence-electron chi connectivity index (χ3n) is 2.59. The summed E-state index contributed by atoms with van der Waals surface area (Å²) in [6, 6.07) is -0.716. The van der Waals surface area contributed by atoms with Gasteiger partial charge in [0.25, 0.3) is 11.8 Å². The van der Waals surface area contributed by atoms with E-state index in [1.54, 1.807) is 17.1 Å². The van der Waals surface area contributed by atoms with E-state index >= 15 is 0 Å². The first kappa shape index (κ1) is 12.0. The van der Waals surface area contributed by atoms with Crippen molar-refractivity contribution in [1.29, 1.82) is 0 Å². The van der Waals surface area contributed by atoms with Gasteiger partial charge in [0.05, 0.1) is 6.20 Å². The van der Waals surface area contributed by atoms with Crippen LogP contribution >= 0.6 is 0 Å². The Kier molecular flexibility index (Phi) is 2.97. The first-order chi connectivity index (χ1) is 8.52. The van der Waals surface area contributed by atoms with Gasteiger partial charge in [0.2, 0.25) is 0 Å². The number of hydrogen-bond acceptors (Lipinski definition) is 4. The fourth-order valence-corrected chi connectivity index (χ4v) is 1.54. The van der Waals surface area contributed by atoms with Crippen molar-refractivity contribution in [3.63, 3.8) is 0 Å². The van der Waals surface area contributed by atoms with Crippen molar-refractivity contribution < 1.29 is 14.4 Å². The predicted molar refractivity (Wildman–Crippen MR) is 62.2 cm³/mol. The molecule has 7 nitrogen and oxygen atoms in total. The number of rotatable bonds is 2. The maximum atomic E-state index is 11.8. The van der Waals surface area contributed by atoms with Crippen LogP contribution in [0.25, 0.3) is 6.08 Å². The molecule has 1 N–H and O–H groups in total. The molecule has 0 aromatic carbocycles. The number of barbiturate groups is 1. The SMILES string of the molecule is CCn1cc(C=C2C(=O)NC(=O)N(C)C2=O)cn1. The van der Waals surface area contributed by atoms with Crippen molar-refractivity contribution in [2.24, 2.45) is 0 Å². The zero-order chi connectivity index (χ0) is 13.3. The molecule has 4 amide bonds. The quantitative estimate of drug-likeness (QED) is 0.589.